The molecule has 0 amide bonds. The molecule has 1 heterocycles. The maximum Gasteiger partial charge on any atom is 0.0595 e. The first-order valence-electron chi connectivity index (χ1n) is 6.93. The van der Waals surface area contributed by atoms with Gasteiger partial charge < -0.3 is 5.73 Å². The van der Waals surface area contributed by atoms with Gasteiger partial charge in [-0.2, -0.15) is 0 Å². The van der Waals surface area contributed by atoms with Crippen LogP contribution in [0.2, 0.25) is 10.0 Å². The smallest absolute Gasteiger partial charge is 0.0595 e. The lowest BCUT2D eigenvalue weighted by molar-refractivity contribution is 0.114. The minimum atomic E-state index is 0.171. The van der Waals surface area contributed by atoms with E-state index in [2.05, 4.69) is 24.8 Å². The maximum atomic E-state index is 6.35. The molecule has 0 aliphatic carbocycles. The highest BCUT2D eigenvalue weighted by atomic mass is 35.5. The molecule has 2 nitrogen and oxygen atoms in total. The van der Waals surface area contributed by atoms with Gasteiger partial charge in [-0.1, -0.05) is 43.1 Å². The van der Waals surface area contributed by atoms with Crippen LogP contribution in [-0.4, -0.2) is 24.0 Å². The van der Waals surface area contributed by atoms with E-state index in [9.17, 15) is 0 Å². The van der Waals surface area contributed by atoms with Gasteiger partial charge in [-0.15, -0.1) is 0 Å². The van der Waals surface area contributed by atoms with Gasteiger partial charge in [-0.25, -0.2) is 0 Å². The van der Waals surface area contributed by atoms with Crippen molar-refractivity contribution in [1.29, 1.82) is 0 Å². The number of nitrogens with zero attached hydrogens (tertiary/aromatic N) is 1. The number of nitrogens with two attached hydrogens (primary N) is 1. The van der Waals surface area contributed by atoms with E-state index < -0.39 is 0 Å². The van der Waals surface area contributed by atoms with Crippen LogP contribution >= 0.6 is 23.2 Å². The molecule has 0 spiro atoms. The number of piperidine rings is 1. The van der Waals surface area contributed by atoms with E-state index in [1.54, 1.807) is 0 Å². The predicted octanol–water partition coefficient (Wildman–Crippen LogP) is 4.11. The fraction of sp³-hybridized carbons (Fsp3) is 0.600. The zero-order chi connectivity index (χ0) is 14.0. The van der Waals surface area contributed by atoms with Crippen molar-refractivity contribution in [3.8, 4) is 0 Å². The monoisotopic (exact) mass is 300 g/mol. The van der Waals surface area contributed by atoms with Crippen molar-refractivity contribution >= 4 is 23.2 Å². The van der Waals surface area contributed by atoms with Crippen LogP contribution in [0.5, 0.6) is 0 Å². The average Bonchev–Trinajstić information content (AvgIpc) is 2.32. The van der Waals surface area contributed by atoms with Gasteiger partial charge in [-0.3, -0.25) is 4.90 Å². The van der Waals surface area contributed by atoms with E-state index in [1.165, 1.54) is 12.0 Å². The third kappa shape index (κ3) is 3.63. The van der Waals surface area contributed by atoms with Crippen LogP contribution in [0.25, 0.3) is 0 Å². The molecule has 2 N–H and O–H groups in total. The third-order valence-corrected chi connectivity index (χ3v) is 4.41. The molecule has 106 valence electrons. The molecule has 1 aliphatic rings. The molecular formula is C15H22Cl2N2. The number of likely N-dealkylation sites (tertiary alicyclic amines) is 1. The molecule has 0 saturated carbocycles. The van der Waals surface area contributed by atoms with E-state index in [4.69, 9.17) is 28.9 Å². The van der Waals surface area contributed by atoms with Gasteiger partial charge in [0.1, 0.15) is 0 Å². The van der Waals surface area contributed by atoms with Crippen LogP contribution in [0.3, 0.4) is 0 Å². The summed E-state index contributed by atoms with van der Waals surface area (Å²) in [5.74, 6) is 0.635. The van der Waals surface area contributed by atoms with Crippen molar-refractivity contribution in [2.75, 3.05) is 13.1 Å². The minimum absolute atomic E-state index is 0.171. The van der Waals surface area contributed by atoms with E-state index in [0.29, 0.717) is 16.0 Å². The Hall–Kier alpha value is -0.280. The fourth-order valence-electron chi connectivity index (χ4n) is 2.93. The summed E-state index contributed by atoms with van der Waals surface area (Å²) >= 11 is 12.1. The average molecular weight is 301 g/mol. The lowest BCUT2D eigenvalue weighted by Gasteiger charge is -2.41. The highest BCUT2D eigenvalue weighted by Gasteiger charge is 2.30. The molecule has 0 aromatic heterocycles. The number of rotatable bonds is 3. The van der Waals surface area contributed by atoms with Crippen molar-refractivity contribution in [2.45, 2.75) is 38.8 Å². The number of benzene rings is 1. The summed E-state index contributed by atoms with van der Waals surface area (Å²) in [7, 11) is 0. The van der Waals surface area contributed by atoms with Crippen LogP contribution in [0, 0.1) is 5.92 Å². The number of hydrogen-bond donors (Lipinski definition) is 1. The zero-order valence-electron chi connectivity index (χ0n) is 11.6. The minimum Gasteiger partial charge on any atom is -0.326 e. The van der Waals surface area contributed by atoms with Gasteiger partial charge in [0.25, 0.3) is 0 Å². The predicted molar refractivity (Wildman–Crippen MR) is 82.8 cm³/mol. The van der Waals surface area contributed by atoms with Crippen molar-refractivity contribution in [1.82, 2.24) is 4.90 Å². The Morgan fingerprint density at radius 2 is 2.05 bits per heavy atom. The quantitative estimate of drug-likeness (QED) is 0.910. The van der Waals surface area contributed by atoms with Gasteiger partial charge in [-0.05, 0) is 43.0 Å². The Morgan fingerprint density at radius 1 is 1.32 bits per heavy atom. The Kier molecular flexibility index (Phi) is 5.13. The zero-order valence-corrected chi connectivity index (χ0v) is 13.1. The summed E-state index contributed by atoms with van der Waals surface area (Å²) in [6, 6.07) is 6.31. The third-order valence-electron chi connectivity index (χ3n) is 3.67. The van der Waals surface area contributed by atoms with Crippen LogP contribution in [0.1, 0.15) is 38.3 Å². The Labute approximate surface area is 125 Å². The van der Waals surface area contributed by atoms with Crippen molar-refractivity contribution < 1.29 is 0 Å². The van der Waals surface area contributed by atoms with Crippen molar-refractivity contribution in [3.63, 3.8) is 0 Å². The summed E-state index contributed by atoms with van der Waals surface area (Å²) < 4.78 is 0. The van der Waals surface area contributed by atoms with Crippen molar-refractivity contribution in [2.24, 2.45) is 11.7 Å². The molecule has 2 rings (SSSR count). The lowest BCUT2D eigenvalue weighted by Crippen LogP contribution is -2.47. The highest BCUT2D eigenvalue weighted by molar-refractivity contribution is 6.42. The largest absolute Gasteiger partial charge is 0.326 e. The Morgan fingerprint density at radius 3 is 2.68 bits per heavy atom. The first-order chi connectivity index (χ1) is 8.99. The molecular weight excluding hydrogens is 279 g/mol. The van der Waals surface area contributed by atoms with Crippen LogP contribution < -0.4 is 5.73 Å². The highest BCUT2D eigenvalue weighted by Crippen LogP contribution is 2.34. The first kappa shape index (κ1) is 15.1. The van der Waals surface area contributed by atoms with Crippen molar-refractivity contribution in [3.05, 3.63) is 33.8 Å². The molecule has 1 saturated heterocycles. The Balaban J connectivity index is 2.27. The maximum absolute atomic E-state index is 6.35. The fourth-order valence-corrected chi connectivity index (χ4v) is 3.23. The molecule has 1 aromatic carbocycles. The summed E-state index contributed by atoms with van der Waals surface area (Å²) in [6.45, 7) is 6.66. The summed E-state index contributed by atoms with van der Waals surface area (Å²) in [4.78, 5) is 2.48. The van der Waals surface area contributed by atoms with Gasteiger partial charge in [0.05, 0.1) is 10.0 Å². The van der Waals surface area contributed by atoms with Crippen LogP contribution in [0.15, 0.2) is 18.2 Å². The summed E-state index contributed by atoms with van der Waals surface area (Å²) in [5.41, 5.74) is 7.53. The molecule has 1 aliphatic heterocycles. The van der Waals surface area contributed by atoms with Gasteiger partial charge in [0, 0.05) is 18.6 Å². The molecule has 0 bridgehead atoms. The van der Waals surface area contributed by atoms with E-state index in [-0.39, 0.29) is 12.1 Å². The second-order valence-electron chi connectivity index (χ2n) is 5.81. The van der Waals surface area contributed by atoms with Gasteiger partial charge >= 0.3 is 0 Å². The molecule has 2 unspecified atom stereocenters. The number of hydrogen-bond acceptors (Lipinski definition) is 2. The second kappa shape index (κ2) is 6.45. The van der Waals surface area contributed by atoms with E-state index >= 15 is 0 Å². The number of halogens is 2. The molecule has 0 radical (unpaired) electrons. The van der Waals surface area contributed by atoms with Gasteiger partial charge in [0.2, 0.25) is 0 Å². The molecule has 2 atom stereocenters. The molecule has 4 heteroatoms. The normalized spacial score (nSPS) is 24.9. The van der Waals surface area contributed by atoms with Gasteiger partial charge in [0.15, 0.2) is 0 Å². The first-order valence-corrected chi connectivity index (χ1v) is 7.69. The topological polar surface area (TPSA) is 29.3 Å². The molecule has 1 aromatic rings. The Bertz CT molecular complexity index is 434. The lowest BCUT2D eigenvalue weighted by atomic mass is 9.90. The second-order valence-corrected chi connectivity index (χ2v) is 6.63. The van der Waals surface area contributed by atoms with E-state index in [0.717, 1.165) is 19.5 Å². The molecule has 19 heavy (non-hydrogen) atoms. The standard InChI is InChI=1S/C15H22Cl2N2/c1-10(2)9-19-7-3-4-14(18)15(19)11-5-6-12(16)13(17)8-11/h5-6,8,10,14-15H,3-4,7,9,18H2,1-2H3. The summed E-state index contributed by atoms with van der Waals surface area (Å²) in [5, 5.41) is 1.21. The van der Waals surface area contributed by atoms with Crippen LogP contribution in [0.4, 0.5) is 0 Å². The van der Waals surface area contributed by atoms with Crippen LogP contribution in [-0.2, 0) is 0 Å². The summed E-state index contributed by atoms with van der Waals surface area (Å²) in [6.07, 6.45) is 2.24. The SMILES string of the molecule is CC(C)CN1CCCC(N)C1c1ccc(Cl)c(Cl)c1. The van der Waals surface area contributed by atoms with E-state index in [1.807, 2.05) is 12.1 Å². The molecule has 1 fully saturated rings.